The van der Waals surface area contributed by atoms with E-state index in [0.29, 0.717) is 5.92 Å². The molecule has 1 aliphatic heterocycles. The fraction of sp³-hybridized carbons (Fsp3) is 0.444. The number of carbonyl (C=O) groups is 1. The molecule has 2 aliphatic rings. The first-order valence-electron chi connectivity index (χ1n) is 8.22. The number of aromatic nitrogens is 1. The van der Waals surface area contributed by atoms with Crippen LogP contribution >= 0.6 is 0 Å². The molecule has 22 heavy (non-hydrogen) atoms. The van der Waals surface area contributed by atoms with Gasteiger partial charge in [-0.25, -0.2) is 0 Å². The first-order chi connectivity index (χ1) is 10.8. The third kappa shape index (κ3) is 2.59. The first kappa shape index (κ1) is 13.7. The quantitative estimate of drug-likeness (QED) is 0.926. The highest BCUT2D eigenvalue weighted by Crippen LogP contribution is 2.40. The van der Waals surface area contributed by atoms with E-state index in [1.807, 2.05) is 35.2 Å². The average Bonchev–Trinajstić information content (AvgIpc) is 3.39. The molecule has 2 aromatic rings. The van der Waals surface area contributed by atoms with Gasteiger partial charge in [-0.05, 0) is 37.9 Å². The van der Waals surface area contributed by atoms with Crippen molar-refractivity contribution in [1.29, 1.82) is 0 Å². The first-order valence-corrected chi connectivity index (χ1v) is 8.22. The predicted molar refractivity (Wildman–Crippen MR) is 87.1 cm³/mol. The van der Waals surface area contributed by atoms with E-state index < -0.39 is 0 Å². The van der Waals surface area contributed by atoms with Crippen molar-refractivity contribution in [3.63, 3.8) is 0 Å². The molecule has 1 saturated carbocycles. The predicted octanol–water partition coefficient (Wildman–Crippen LogP) is 2.55. The van der Waals surface area contributed by atoms with Gasteiger partial charge in [0.2, 0.25) is 0 Å². The van der Waals surface area contributed by atoms with E-state index in [4.69, 9.17) is 4.98 Å². The van der Waals surface area contributed by atoms with Crippen LogP contribution in [0.15, 0.2) is 30.3 Å². The molecule has 1 saturated heterocycles. The van der Waals surface area contributed by atoms with E-state index in [2.05, 4.69) is 5.32 Å². The summed E-state index contributed by atoms with van der Waals surface area (Å²) in [5.74, 6) is 0.714. The SMILES string of the molecule is O=C(c1cc(C2CC2)nc2ccccc12)N1CCCNCC1. The molecule has 1 N–H and O–H groups in total. The van der Waals surface area contributed by atoms with Crippen molar-refractivity contribution in [3.05, 3.63) is 41.6 Å². The summed E-state index contributed by atoms with van der Waals surface area (Å²) < 4.78 is 0. The third-order valence-corrected chi connectivity index (χ3v) is 4.59. The maximum Gasteiger partial charge on any atom is 0.254 e. The lowest BCUT2D eigenvalue weighted by molar-refractivity contribution is 0.0768. The van der Waals surface area contributed by atoms with Crippen LogP contribution in [0.2, 0.25) is 0 Å². The van der Waals surface area contributed by atoms with Gasteiger partial charge >= 0.3 is 0 Å². The maximum absolute atomic E-state index is 13.0. The summed E-state index contributed by atoms with van der Waals surface area (Å²) in [4.78, 5) is 19.8. The number of rotatable bonds is 2. The number of para-hydroxylation sites is 1. The van der Waals surface area contributed by atoms with Gasteiger partial charge in [0.05, 0.1) is 11.1 Å². The summed E-state index contributed by atoms with van der Waals surface area (Å²) in [6, 6.07) is 10.1. The molecule has 0 atom stereocenters. The second-order valence-electron chi connectivity index (χ2n) is 6.28. The van der Waals surface area contributed by atoms with Crippen LogP contribution in [0.25, 0.3) is 10.9 Å². The Hall–Kier alpha value is -1.94. The smallest absolute Gasteiger partial charge is 0.254 e. The Morgan fingerprint density at radius 1 is 1.18 bits per heavy atom. The number of pyridine rings is 1. The van der Waals surface area contributed by atoms with E-state index in [1.165, 1.54) is 12.8 Å². The van der Waals surface area contributed by atoms with Gasteiger partial charge in [0.1, 0.15) is 0 Å². The van der Waals surface area contributed by atoms with Crippen molar-refractivity contribution in [1.82, 2.24) is 15.2 Å². The van der Waals surface area contributed by atoms with Gasteiger partial charge in [-0.3, -0.25) is 9.78 Å². The molecule has 4 heteroatoms. The van der Waals surface area contributed by atoms with Gasteiger partial charge in [-0.2, -0.15) is 0 Å². The molecule has 2 heterocycles. The normalized spacial score (nSPS) is 19.2. The largest absolute Gasteiger partial charge is 0.337 e. The zero-order valence-electron chi connectivity index (χ0n) is 12.7. The molecule has 0 unspecified atom stereocenters. The summed E-state index contributed by atoms with van der Waals surface area (Å²) in [6.45, 7) is 3.49. The van der Waals surface area contributed by atoms with E-state index in [9.17, 15) is 4.79 Å². The average molecular weight is 295 g/mol. The van der Waals surface area contributed by atoms with Crippen molar-refractivity contribution in [2.24, 2.45) is 0 Å². The lowest BCUT2D eigenvalue weighted by Crippen LogP contribution is -2.34. The number of benzene rings is 1. The second kappa shape index (κ2) is 5.69. The van der Waals surface area contributed by atoms with Crippen LogP contribution in [0.3, 0.4) is 0 Å². The van der Waals surface area contributed by atoms with Gasteiger partial charge in [0.15, 0.2) is 0 Å². The molecule has 4 rings (SSSR count). The number of hydrogen-bond donors (Lipinski definition) is 1. The van der Waals surface area contributed by atoms with Crippen molar-refractivity contribution < 1.29 is 4.79 Å². The highest BCUT2D eigenvalue weighted by atomic mass is 16.2. The second-order valence-corrected chi connectivity index (χ2v) is 6.28. The molecule has 1 amide bonds. The van der Waals surface area contributed by atoms with Gasteiger partial charge in [0, 0.05) is 36.6 Å². The highest BCUT2D eigenvalue weighted by molar-refractivity contribution is 6.06. The summed E-state index contributed by atoms with van der Waals surface area (Å²) in [5, 5.41) is 4.33. The maximum atomic E-state index is 13.0. The summed E-state index contributed by atoms with van der Waals surface area (Å²) in [5.41, 5.74) is 2.87. The Balaban J connectivity index is 1.76. The number of fused-ring (bicyclic) bond motifs is 1. The van der Waals surface area contributed by atoms with Gasteiger partial charge in [-0.15, -0.1) is 0 Å². The zero-order valence-corrected chi connectivity index (χ0v) is 12.7. The van der Waals surface area contributed by atoms with Crippen LogP contribution in [0.1, 0.15) is 41.2 Å². The minimum absolute atomic E-state index is 0.157. The monoisotopic (exact) mass is 295 g/mol. The molecule has 1 aromatic heterocycles. The van der Waals surface area contributed by atoms with E-state index in [-0.39, 0.29) is 5.91 Å². The van der Waals surface area contributed by atoms with Crippen LogP contribution in [0.5, 0.6) is 0 Å². The lowest BCUT2D eigenvalue weighted by atomic mass is 10.0. The molecular formula is C18H21N3O. The Kier molecular flexibility index (Phi) is 3.54. The van der Waals surface area contributed by atoms with E-state index >= 15 is 0 Å². The summed E-state index contributed by atoms with van der Waals surface area (Å²) in [6.07, 6.45) is 3.42. The van der Waals surface area contributed by atoms with Crippen molar-refractivity contribution in [2.45, 2.75) is 25.2 Å². The van der Waals surface area contributed by atoms with Crippen molar-refractivity contribution >= 4 is 16.8 Å². The third-order valence-electron chi connectivity index (χ3n) is 4.59. The van der Waals surface area contributed by atoms with Crippen LogP contribution in [-0.2, 0) is 0 Å². The Morgan fingerprint density at radius 2 is 2.05 bits per heavy atom. The minimum Gasteiger partial charge on any atom is -0.337 e. The van der Waals surface area contributed by atoms with Crippen LogP contribution in [0.4, 0.5) is 0 Å². The molecule has 114 valence electrons. The van der Waals surface area contributed by atoms with E-state index in [1.54, 1.807) is 0 Å². The number of nitrogens with one attached hydrogen (secondary N) is 1. The summed E-state index contributed by atoms with van der Waals surface area (Å²) >= 11 is 0. The number of amides is 1. The van der Waals surface area contributed by atoms with Crippen molar-refractivity contribution in [2.75, 3.05) is 26.2 Å². The standard InChI is InChI=1S/C18H21N3O/c22-18(21-10-3-8-19-9-11-21)15-12-17(13-6-7-13)20-16-5-2-1-4-14(15)16/h1-2,4-5,12-13,19H,3,6-11H2. The lowest BCUT2D eigenvalue weighted by Gasteiger charge is -2.21. The molecule has 0 spiro atoms. The molecule has 1 aromatic carbocycles. The van der Waals surface area contributed by atoms with Crippen LogP contribution < -0.4 is 5.32 Å². The minimum atomic E-state index is 0.157. The van der Waals surface area contributed by atoms with Gasteiger partial charge in [-0.1, -0.05) is 18.2 Å². The van der Waals surface area contributed by atoms with Crippen LogP contribution in [0, 0.1) is 0 Å². The van der Waals surface area contributed by atoms with E-state index in [0.717, 1.165) is 54.8 Å². The van der Waals surface area contributed by atoms with Gasteiger partial charge in [0.25, 0.3) is 5.91 Å². The summed E-state index contributed by atoms with van der Waals surface area (Å²) in [7, 11) is 0. The molecule has 1 aliphatic carbocycles. The molecule has 0 bridgehead atoms. The molecule has 2 fully saturated rings. The van der Waals surface area contributed by atoms with Gasteiger partial charge < -0.3 is 10.2 Å². The fourth-order valence-electron chi connectivity index (χ4n) is 3.18. The zero-order chi connectivity index (χ0) is 14.9. The van der Waals surface area contributed by atoms with Crippen molar-refractivity contribution in [3.8, 4) is 0 Å². The van der Waals surface area contributed by atoms with Crippen LogP contribution in [-0.4, -0.2) is 42.0 Å². The Labute approximate surface area is 130 Å². The number of carbonyl (C=O) groups excluding carboxylic acids is 1. The molecular weight excluding hydrogens is 274 g/mol. The number of hydrogen-bond acceptors (Lipinski definition) is 3. The fourth-order valence-corrected chi connectivity index (χ4v) is 3.18. The topological polar surface area (TPSA) is 45.2 Å². The highest BCUT2D eigenvalue weighted by Gasteiger charge is 2.28. The molecule has 0 radical (unpaired) electrons. The Morgan fingerprint density at radius 3 is 2.91 bits per heavy atom. The Bertz CT molecular complexity index is 701. The number of nitrogens with zero attached hydrogens (tertiary/aromatic N) is 2. The molecule has 4 nitrogen and oxygen atoms in total.